The Balaban J connectivity index is 0.00000121. The van der Waals surface area contributed by atoms with E-state index in [1.54, 1.807) is 0 Å². The molecule has 1 rings (SSSR count). The van der Waals surface area contributed by atoms with E-state index in [1.165, 1.54) is 0 Å². The third kappa shape index (κ3) is 2.58. The van der Waals surface area contributed by atoms with Crippen molar-refractivity contribution in [2.24, 2.45) is 5.11 Å². The van der Waals surface area contributed by atoms with Crippen LogP contribution in [0, 0.1) is 0 Å². The smallest absolute Gasteiger partial charge is 0.320 e. The summed E-state index contributed by atoms with van der Waals surface area (Å²) < 4.78 is 0. The van der Waals surface area contributed by atoms with Crippen LogP contribution in [-0.2, 0) is 4.79 Å². The Bertz CT molecular complexity index is 207. The lowest BCUT2D eigenvalue weighted by Gasteiger charge is -2.00. The van der Waals surface area contributed by atoms with Crippen LogP contribution >= 0.6 is 12.4 Å². The number of nitrogens with zero attached hydrogens (tertiary/aromatic N) is 3. The molecule has 0 spiro atoms. The lowest BCUT2D eigenvalue weighted by Crippen LogP contribution is -2.29. The van der Waals surface area contributed by atoms with Crippen LogP contribution in [0.15, 0.2) is 5.11 Å². The summed E-state index contributed by atoms with van der Waals surface area (Å²) in [5.41, 5.74) is 8.03. The van der Waals surface area contributed by atoms with Crippen molar-refractivity contribution in [1.82, 2.24) is 5.32 Å². The van der Waals surface area contributed by atoms with Crippen molar-refractivity contribution in [2.75, 3.05) is 6.54 Å². The molecule has 0 aromatic carbocycles. The molecule has 2 N–H and O–H groups in total. The standard InChI is InChI=1S/C5H8N4O2.ClH/c6-9-8-3-1-4(5(10)11)7-2-3;/h3-4,7H,1-2H2,(H,10,11);1H/t3-,4+;/m0./s1. The Labute approximate surface area is 75.0 Å². The van der Waals surface area contributed by atoms with E-state index in [4.69, 9.17) is 10.6 Å². The van der Waals surface area contributed by atoms with Gasteiger partial charge in [-0.25, -0.2) is 0 Å². The van der Waals surface area contributed by atoms with Gasteiger partial charge in [0.2, 0.25) is 0 Å². The van der Waals surface area contributed by atoms with Gasteiger partial charge in [0.25, 0.3) is 0 Å². The van der Waals surface area contributed by atoms with Gasteiger partial charge in [-0.05, 0) is 12.0 Å². The highest BCUT2D eigenvalue weighted by Crippen LogP contribution is 2.09. The molecular formula is C5H9ClN4O2. The van der Waals surface area contributed by atoms with Crippen molar-refractivity contribution in [3.05, 3.63) is 10.4 Å². The van der Waals surface area contributed by atoms with E-state index in [9.17, 15) is 4.79 Å². The third-order valence-electron chi connectivity index (χ3n) is 1.62. The van der Waals surface area contributed by atoms with Crippen LogP contribution in [0.3, 0.4) is 0 Å². The topological polar surface area (TPSA) is 98.1 Å². The molecule has 12 heavy (non-hydrogen) atoms. The van der Waals surface area contributed by atoms with Gasteiger partial charge in [-0.15, -0.1) is 12.4 Å². The van der Waals surface area contributed by atoms with Crippen LogP contribution < -0.4 is 5.32 Å². The Morgan fingerprint density at radius 1 is 1.75 bits per heavy atom. The number of rotatable bonds is 2. The third-order valence-corrected chi connectivity index (χ3v) is 1.62. The van der Waals surface area contributed by atoms with Crippen molar-refractivity contribution < 1.29 is 9.90 Å². The van der Waals surface area contributed by atoms with Crippen LogP contribution in [0.25, 0.3) is 10.4 Å². The lowest BCUT2D eigenvalue weighted by molar-refractivity contribution is -0.139. The van der Waals surface area contributed by atoms with Gasteiger partial charge in [-0.3, -0.25) is 4.79 Å². The maximum absolute atomic E-state index is 10.4. The van der Waals surface area contributed by atoms with Gasteiger partial charge in [0.05, 0.1) is 6.04 Å². The van der Waals surface area contributed by atoms with Crippen LogP contribution in [0.1, 0.15) is 6.42 Å². The second-order valence-corrected chi connectivity index (χ2v) is 2.39. The highest BCUT2D eigenvalue weighted by atomic mass is 35.5. The molecule has 1 fully saturated rings. The number of nitrogens with one attached hydrogen (secondary N) is 1. The average molecular weight is 193 g/mol. The zero-order valence-electron chi connectivity index (χ0n) is 6.17. The van der Waals surface area contributed by atoms with Gasteiger partial charge in [-0.1, -0.05) is 5.11 Å². The van der Waals surface area contributed by atoms with Crippen molar-refractivity contribution in [3.8, 4) is 0 Å². The number of carbonyl (C=O) groups is 1. The molecule has 68 valence electrons. The molecule has 7 heteroatoms. The predicted molar refractivity (Wildman–Crippen MR) is 44.2 cm³/mol. The van der Waals surface area contributed by atoms with Crippen molar-refractivity contribution in [3.63, 3.8) is 0 Å². The molecule has 0 amide bonds. The molecule has 0 aliphatic carbocycles. The Morgan fingerprint density at radius 2 is 2.42 bits per heavy atom. The fourth-order valence-corrected chi connectivity index (χ4v) is 1.07. The highest BCUT2D eigenvalue weighted by molar-refractivity contribution is 5.85. The van der Waals surface area contributed by atoms with E-state index in [1.807, 2.05) is 0 Å². The summed E-state index contributed by atoms with van der Waals surface area (Å²) >= 11 is 0. The molecule has 0 aromatic rings. The van der Waals surface area contributed by atoms with E-state index >= 15 is 0 Å². The van der Waals surface area contributed by atoms with Gasteiger partial charge >= 0.3 is 5.97 Å². The van der Waals surface area contributed by atoms with E-state index in [0.29, 0.717) is 13.0 Å². The minimum atomic E-state index is -0.888. The summed E-state index contributed by atoms with van der Waals surface area (Å²) in [6.45, 7) is 0.459. The van der Waals surface area contributed by atoms with Gasteiger partial charge in [-0.2, -0.15) is 0 Å². The zero-order chi connectivity index (χ0) is 8.27. The highest BCUT2D eigenvalue weighted by Gasteiger charge is 2.27. The number of aliphatic carboxylic acids is 1. The molecule has 2 atom stereocenters. The van der Waals surface area contributed by atoms with Gasteiger partial charge in [0, 0.05) is 11.5 Å². The fourth-order valence-electron chi connectivity index (χ4n) is 1.07. The molecule has 0 aromatic heterocycles. The van der Waals surface area contributed by atoms with Crippen LogP contribution in [0.4, 0.5) is 0 Å². The van der Waals surface area contributed by atoms with Crippen molar-refractivity contribution in [2.45, 2.75) is 18.5 Å². The number of halogens is 1. The van der Waals surface area contributed by atoms with Crippen LogP contribution in [-0.4, -0.2) is 29.7 Å². The van der Waals surface area contributed by atoms with Gasteiger partial charge in [0.15, 0.2) is 0 Å². The van der Waals surface area contributed by atoms with E-state index in [0.717, 1.165) is 0 Å². The minimum absolute atomic E-state index is 0. The van der Waals surface area contributed by atoms with E-state index in [-0.39, 0.29) is 18.4 Å². The lowest BCUT2D eigenvalue weighted by atomic mass is 10.2. The van der Waals surface area contributed by atoms with Gasteiger partial charge < -0.3 is 10.4 Å². The molecule has 1 aliphatic rings. The maximum Gasteiger partial charge on any atom is 0.320 e. The first-order valence-electron chi connectivity index (χ1n) is 3.24. The first kappa shape index (κ1) is 11.0. The van der Waals surface area contributed by atoms with Crippen molar-refractivity contribution >= 4 is 18.4 Å². The van der Waals surface area contributed by atoms with E-state index in [2.05, 4.69) is 15.3 Å². The summed E-state index contributed by atoms with van der Waals surface area (Å²) in [6, 6.07) is -0.758. The Kier molecular flexibility index (Phi) is 4.43. The summed E-state index contributed by atoms with van der Waals surface area (Å²) in [4.78, 5) is 13.0. The summed E-state index contributed by atoms with van der Waals surface area (Å²) in [6.07, 6.45) is 0.388. The molecule has 0 unspecified atom stereocenters. The number of hydrogen-bond acceptors (Lipinski definition) is 3. The molecule has 0 radical (unpaired) electrons. The molecule has 1 saturated heterocycles. The predicted octanol–water partition coefficient (Wildman–Crippen LogP) is 0.534. The first-order chi connectivity index (χ1) is 5.24. The first-order valence-corrected chi connectivity index (χ1v) is 3.24. The molecule has 1 heterocycles. The summed E-state index contributed by atoms with van der Waals surface area (Å²) in [5, 5.41) is 14.6. The second kappa shape index (κ2) is 4.82. The van der Waals surface area contributed by atoms with Gasteiger partial charge in [0.1, 0.15) is 6.04 Å². The SMILES string of the molecule is Cl.[N-]=[N+]=N[C@@H]1CN[C@@H](C(=O)O)C1. The molecule has 1 aliphatic heterocycles. The number of carboxylic acids is 1. The van der Waals surface area contributed by atoms with E-state index < -0.39 is 12.0 Å². The summed E-state index contributed by atoms with van der Waals surface area (Å²) in [5.74, 6) is -0.888. The maximum atomic E-state index is 10.4. The molecule has 0 saturated carbocycles. The van der Waals surface area contributed by atoms with Crippen LogP contribution in [0.2, 0.25) is 0 Å². The molecular weight excluding hydrogens is 184 g/mol. The van der Waals surface area contributed by atoms with Crippen LogP contribution in [0.5, 0.6) is 0 Å². The fraction of sp³-hybridized carbons (Fsp3) is 0.800. The normalized spacial score (nSPS) is 27.0. The average Bonchev–Trinajstić information content (AvgIpc) is 2.37. The largest absolute Gasteiger partial charge is 0.480 e. The monoisotopic (exact) mass is 192 g/mol. The second-order valence-electron chi connectivity index (χ2n) is 2.39. The Morgan fingerprint density at radius 3 is 2.83 bits per heavy atom. The quantitative estimate of drug-likeness (QED) is 0.379. The Hall–Kier alpha value is -0.970. The number of azide groups is 1. The van der Waals surface area contributed by atoms with Crippen molar-refractivity contribution in [1.29, 1.82) is 0 Å². The summed E-state index contributed by atoms with van der Waals surface area (Å²) in [7, 11) is 0. The molecule has 6 nitrogen and oxygen atoms in total. The minimum Gasteiger partial charge on any atom is -0.480 e. The zero-order valence-corrected chi connectivity index (χ0v) is 6.99. The number of carboxylic acid groups (broad SMARTS) is 1. The number of hydrogen-bond donors (Lipinski definition) is 2. The molecule has 0 bridgehead atoms.